The van der Waals surface area contributed by atoms with Crippen LogP contribution in [0.2, 0.25) is 0 Å². The molecule has 2 nitrogen and oxygen atoms in total. The van der Waals surface area contributed by atoms with Crippen LogP contribution in [0.25, 0.3) is 87.5 Å². The molecule has 0 amide bonds. The molecule has 2 aromatic heterocycles. The third-order valence-corrected chi connectivity index (χ3v) is 13.0. The van der Waals surface area contributed by atoms with E-state index in [1.54, 1.807) is 0 Å². The molecule has 4 saturated carbocycles. The van der Waals surface area contributed by atoms with Crippen LogP contribution in [-0.4, -0.2) is 0 Å². The Hall–Kier alpha value is -5.34. The minimum absolute atomic E-state index is 0.348. The van der Waals surface area contributed by atoms with Gasteiger partial charge in [-0.3, -0.25) is 0 Å². The first kappa shape index (κ1) is 26.6. The predicted octanol–water partition coefficient (Wildman–Crippen LogP) is 13.2. The van der Waals surface area contributed by atoms with E-state index in [0.29, 0.717) is 5.41 Å². The van der Waals surface area contributed by atoms with Crippen LogP contribution in [0.4, 0.5) is 0 Å². The van der Waals surface area contributed by atoms with Gasteiger partial charge in [-0.15, -0.1) is 0 Å². The predicted molar refractivity (Wildman–Crippen MR) is 202 cm³/mol. The summed E-state index contributed by atoms with van der Waals surface area (Å²) < 4.78 is 12.7. The molecular weight excluding hydrogens is 597 g/mol. The molecule has 0 radical (unpaired) electrons. The Labute approximate surface area is 283 Å². The fourth-order valence-electron chi connectivity index (χ4n) is 11.2. The molecule has 9 aromatic rings. The second-order valence-corrected chi connectivity index (χ2v) is 15.4. The third kappa shape index (κ3) is 3.51. The van der Waals surface area contributed by atoms with Crippen LogP contribution in [-0.2, 0) is 5.41 Å². The van der Waals surface area contributed by atoms with E-state index in [1.165, 1.54) is 97.6 Å². The van der Waals surface area contributed by atoms with Gasteiger partial charge in [-0.2, -0.15) is 0 Å². The van der Waals surface area contributed by atoms with Crippen LogP contribution < -0.4 is 0 Å². The summed E-state index contributed by atoms with van der Waals surface area (Å²) in [6, 6.07) is 44.6. The van der Waals surface area contributed by atoms with Crippen molar-refractivity contribution in [3.05, 3.63) is 133 Å². The summed E-state index contributed by atoms with van der Waals surface area (Å²) in [5.41, 5.74) is 9.75. The maximum Gasteiger partial charge on any atom is 0.141 e. The van der Waals surface area contributed by atoms with Gasteiger partial charge in [-0.1, -0.05) is 91.0 Å². The summed E-state index contributed by atoms with van der Waals surface area (Å²) in [4.78, 5) is 0. The molecule has 4 aliphatic rings. The van der Waals surface area contributed by atoms with Crippen molar-refractivity contribution >= 4 is 65.2 Å². The van der Waals surface area contributed by atoms with Crippen LogP contribution in [0.1, 0.15) is 37.7 Å². The van der Waals surface area contributed by atoms with E-state index in [-0.39, 0.29) is 0 Å². The molecule has 4 aliphatic carbocycles. The number of furan rings is 2. The fourth-order valence-corrected chi connectivity index (χ4v) is 11.2. The highest BCUT2D eigenvalue weighted by Crippen LogP contribution is 2.67. The molecule has 0 spiro atoms. The topological polar surface area (TPSA) is 26.3 Å². The van der Waals surface area contributed by atoms with Crippen LogP contribution >= 0.6 is 0 Å². The number of hydrogen-bond donors (Lipinski definition) is 0. The van der Waals surface area contributed by atoms with E-state index in [1.807, 2.05) is 6.07 Å². The lowest BCUT2D eigenvalue weighted by atomic mass is 9.71. The van der Waals surface area contributed by atoms with Gasteiger partial charge in [0.2, 0.25) is 0 Å². The normalized spacial score (nSPS) is 23.0. The molecule has 49 heavy (non-hydrogen) atoms. The van der Waals surface area contributed by atoms with Crippen molar-refractivity contribution in [1.29, 1.82) is 0 Å². The first-order valence-electron chi connectivity index (χ1n) is 18.0. The molecule has 2 atom stereocenters. The van der Waals surface area contributed by atoms with Crippen molar-refractivity contribution in [3.63, 3.8) is 0 Å². The highest BCUT2D eigenvalue weighted by molar-refractivity contribution is 6.22. The number of benzene rings is 7. The number of rotatable bonds is 3. The molecule has 234 valence electrons. The summed E-state index contributed by atoms with van der Waals surface area (Å²) in [6.07, 6.45) is 9.18. The smallest absolute Gasteiger partial charge is 0.141 e. The van der Waals surface area contributed by atoms with Crippen molar-refractivity contribution in [1.82, 2.24) is 0 Å². The van der Waals surface area contributed by atoms with E-state index in [0.717, 1.165) is 45.3 Å². The van der Waals surface area contributed by atoms with E-state index in [4.69, 9.17) is 8.83 Å². The lowest BCUT2D eigenvalue weighted by Crippen LogP contribution is -2.27. The van der Waals surface area contributed by atoms with Gasteiger partial charge < -0.3 is 8.83 Å². The van der Waals surface area contributed by atoms with Crippen LogP contribution in [0.3, 0.4) is 0 Å². The summed E-state index contributed by atoms with van der Waals surface area (Å²) in [5.74, 6) is 2.70. The Morgan fingerprint density at radius 3 is 1.80 bits per heavy atom. The zero-order valence-electron chi connectivity index (χ0n) is 27.2. The van der Waals surface area contributed by atoms with Gasteiger partial charge in [0, 0.05) is 32.5 Å². The fraction of sp³-hybridized carbons (Fsp3) is 0.191. The van der Waals surface area contributed by atoms with Gasteiger partial charge in [0.25, 0.3) is 0 Å². The van der Waals surface area contributed by atoms with Gasteiger partial charge in [-0.25, -0.2) is 0 Å². The van der Waals surface area contributed by atoms with Gasteiger partial charge in [0.15, 0.2) is 0 Å². The molecule has 2 heteroatoms. The molecule has 0 N–H and O–H groups in total. The molecule has 4 fully saturated rings. The van der Waals surface area contributed by atoms with Gasteiger partial charge >= 0.3 is 0 Å². The van der Waals surface area contributed by atoms with E-state index < -0.39 is 0 Å². The Morgan fingerprint density at radius 2 is 1.08 bits per heavy atom. The Balaban J connectivity index is 1.06. The molecule has 2 unspecified atom stereocenters. The summed E-state index contributed by atoms with van der Waals surface area (Å²) in [6.45, 7) is 0. The summed E-state index contributed by atoms with van der Waals surface area (Å²) >= 11 is 0. The quantitative estimate of drug-likeness (QED) is 0.182. The molecule has 0 aliphatic heterocycles. The first-order chi connectivity index (χ1) is 24.2. The van der Waals surface area contributed by atoms with Crippen LogP contribution in [0, 0.1) is 17.8 Å². The molecule has 4 bridgehead atoms. The molecule has 7 aromatic carbocycles. The van der Waals surface area contributed by atoms with E-state index >= 15 is 0 Å². The summed E-state index contributed by atoms with van der Waals surface area (Å²) in [5, 5.41) is 11.1. The molecule has 0 saturated heterocycles. The van der Waals surface area contributed by atoms with Gasteiger partial charge in [-0.05, 0) is 129 Å². The zero-order valence-corrected chi connectivity index (χ0v) is 27.2. The Morgan fingerprint density at radius 1 is 0.490 bits per heavy atom. The standard InChI is InChI=1S/C47H34O2/c1-3-10-37-35(8-1)44(36-9-2-4-11-38(36)45(37)31-15-18-43-40(23-31)34-7-5-6-12-42(34)49-43)30-14-16-33-29(22-30)13-17-39-41(26-48-46(33)39)47-24-27-19-28(25-47)21-32(47)20-27/h1-18,22-23,26-28,32H,19-21,24-25H2. The van der Waals surface area contributed by atoms with Crippen molar-refractivity contribution in [2.24, 2.45) is 17.8 Å². The highest BCUT2D eigenvalue weighted by Gasteiger charge is 2.59. The van der Waals surface area contributed by atoms with E-state index in [9.17, 15) is 0 Å². The highest BCUT2D eigenvalue weighted by atomic mass is 16.3. The number of hydrogen-bond acceptors (Lipinski definition) is 2. The van der Waals surface area contributed by atoms with Crippen LogP contribution in [0.5, 0.6) is 0 Å². The van der Waals surface area contributed by atoms with Crippen molar-refractivity contribution in [2.75, 3.05) is 0 Å². The largest absolute Gasteiger partial charge is 0.463 e. The second-order valence-electron chi connectivity index (χ2n) is 15.4. The number of para-hydroxylation sites is 1. The van der Waals surface area contributed by atoms with Crippen LogP contribution in [0.15, 0.2) is 136 Å². The molecule has 2 heterocycles. The minimum atomic E-state index is 0.348. The van der Waals surface area contributed by atoms with Crippen molar-refractivity contribution in [2.45, 2.75) is 37.5 Å². The Bertz CT molecular complexity index is 2780. The zero-order chi connectivity index (χ0) is 31.8. The third-order valence-electron chi connectivity index (χ3n) is 13.0. The molecule has 13 rings (SSSR count). The first-order valence-corrected chi connectivity index (χ1v) is 18.0. The lowest BCUT2D eigenvalue weighted by Gasteiger charge is -2.32. The van der Waals surface area contributed by atoms with E-state index in [2.05, 4.69) is 122 Å². The maximum absolute atomic E-state index is 6.52. The SMILES string of the molecule is c1ccc2c(c1)oc1ccc(-c3c4ccccc4c(-c4ccc5c(ccc6c(C78CC9CC(CC7C9)C8)coc65)c4)c4ccccc34)cc12. The minimum Gasteiger partial charge on any atom is -0.463 e. The average Bonchev–Trinajstić information content (AvgIpc) is 3.87. The Kier molecular flexibility index (Phi) is 5.11. The number of fused-ring (bicyclic) bond motifs is 8. The average molecular weight is 631 g/mol. The van der Waals surface area contributed by atoms with Gasteiger partial charge in [0.1, 0.15) is 16.7 Å². The molecular formula is C47H34O2. The second kappa shape index (κ2) is 9.42. The summed E-state index contributed by atoms with van der Waals surface area (Å²) in [7, 11) is 0. The maximum atomic E-state index is 6.52. The van der Waals surface area contributed by atoms with Crippen molar-refractivity contribution in [3.8, 4) is 22.3 Å². The monoisotopic (exact) mass is 630 g/mol. The van der Waals surface area contributed by atoms with Crippen molar-refractivity contribution < 1.29 is 8.83 Å². The van der Waals surface area contributed by atoms with Gasteiger partial charge in [0.05, 0.1) is 6.26 Å². The lowest BCUT2D eigenvalue weighted by molar-refractivity contribution is 0.266.